The third-order valence-corrected chi connectivity index (χ3v) is 6.94. The Morgan fingerprint density at radius 1 is 1.19 bits per heavy atom. The van der Waals surface area contributed by atoms with Crippen LogP contribution >= 0.6 is 0 Å². The van der Waals surface area contributed by atoms with E-state index in [1.54, 1.807) is 18.2 Å². The van der Waals surface area contributed by atoms with Crippen molar-refractivity contribution < 1.29 is 23.1 Å². The van der Waals surface area contributed by atoms with Crippen molar-refractivity contribution in [2.24, 2.45) is 5.92 Å². The highest BCUT2D eigenvalue weighted by Crippen LogP contribution is 2.40. The molecule has 0 radical (unpaired) electrons. The summed E-state index contributed by atoms with van der Waals surface area (Å²) in [5, 5.41) is 9.51. The number of likely N-dealkylation sites (tertiary alicyclic amines) is 1. The first kappa shape index (κ1) is 19.6. The van der Waals surface area contributed by atoms with Crippen molar-refractivity contribution in [2.45, 2.75) is 49.1 Å². The molecule has 2 fully saturated rings. The van der Waals surface area contributed by atoms with Crippen LogP contribution in [0.2, 0.25) is 0 Å². The summed E-state index contributed by atoms with van der Waals surface area (Å²) in [4.78, 5) is 26.0. The van der Waals surface area contributed by atoms with Crippen LogP contribution in [-0.2, 0) is 19.6 Å². The lowest BCUT2D eigenvalue weighted by molar-refractivity contribution is -0.147. The zero-order chi connectivity index (χ0) is 19.6. The quantitative estimate of drug-likeness (QED) is 0.745. The van der Waals surface area contributed by atoms with Gasteiger partial charge in [-0.25, -0.2) is 17.9 Å². The van der Waals surface area contributed by atoms with Gasteiger partial charge in [0.1, 0.15) is 6.04 Å². The monoisotopic (exact) mass is 392 g/mol. The van der Waals surface area contributed by atoms with Crippen molar-refractivity contribution in [3.05, 3.63) is 35.9 Å². The Balaban J connectivity index is 1.76. The Kier molecular flexibility index (Phi) is 5.67. The number of amides is 1. The van der Waals surface area contributed by atoms with Crippen molar-refractivity contribution in [3.8, 4) is 0 Å². The van der Waals surface area contributed by atoms with E-state index >= 15 is 0 Å². The largest absolute Gasteiger partial charge is 0.480 e. The van der Waals surface area contributed by atoms with Crippen LogP contribution in [0.4, 0.5) is 0 Å². The Morgan fingerprint density at radius 3 is 2.48 bits per heavy atom. The number of carboxylic acids is 1. The summed E-state index contributed by atoms with van der Waals surface area (Å²) >= 11 is 0. The second-order valence-electron chi connectivity index (χ2n) is 7.06. The fraction of sp³-hybridized carbons (Fsp3) is 0.474. The summed E-state index contributed by atoms with van der Waals surface area (Å²) in [5.74, 6) is -0.986. The maximum atomic E-state index is 12.7. The second-order valence-corrected chi connectivity index (χ2v) is 8.94. The Bertz CT molecular complexity index is 847. The minimum Gasteiger partial charge on any atom is -0.480 e. The highest BCUT2D eigenvalue weighted by molar-refractivity contribution is 7.89. The minimum absolute atomic E-state index is 0.000137. The number of carbonyl (C=O) groups excluding carboxylic acids is 1. The van der Waals surface area contributed by atoms with Crippen molar-refractivity contribution in [1.29, 1.82) is 0 Å². The van der Waals surface area contributed by atoms with E-state index in [4.69, 9.17) is 0 Å². The number of hydrogen-bond acceptors (Lipinski definition) is 4. The molecule has 0 spiro atoms. The maximum Gasteiger partial charge on any atom is 0.326 e. The predicted molar refractivity (Wildman–Crippen MR) is 100 cm³/mol. The number of carboxylic acid groups (broad SMARTS) is 1. The summed E-state index contributed by atoms with van der Waals surface area (Å²) < 4.78 is 25.7. The molecule has 1 aromatic rings. The summed E-state index contributed by atoms with van der Waals surface area (Å²) in [6.45, 7) is 0. The van der Waals surface area contributed by atoms with Gasteiger partial charge in [0.05, 0.1) is 4.90 Å². The van der Waals surface area contributed by atoms with Crippen LogP contribution in [0.5, 0.6) is 0 Å². The zero-order valence-corrected chi connectivity index (χ0v) is 16.0. The smallest absolute Gasteiger partial charge is 0.326 e. The van der Waals surface area contributed by atoms with E-state index in [2.05, 4.69) is 4.72 Å². The fourth-order valence-corrected chi connectivity index (χ4v) is 4.86. The van der Waals surface area contributed by atoms with Crippen LogP contribution in [0.1, 0.15) is 37.7 Å². The first-order valence-electron chi connectivity index (χ1n) is 9.10. The standard InChI is InChI=1S/C19H24N2O5S/c1-20-27(25,26)15-9-6-13(7-10-15)8-11-18(22)21-16-5-3-2-4-14(16)12-17(21)19(23)24/h6-11,14,16-17,20H,2-5,12H2,1H3,(H,23,24)/b11-8-. The first-order valence-corrected chi connectivity index (χ1v) is 10.6. The molecule has 3 rings (SSSR count). The molecule has 1 amide bonds. The number of fused-ring (bicyclic) bond motifs is 1. The van der Waals surface area contributed by atoms with Gasteiger partial charge in [-0.1, -0.05) is 25.0 Å². The van der Waals surface area contributed by atoms with Crippen molar-refractivity contribution in [3.63, 3.8) is 0 Å². The zero-order valence-electron chi connectivity index (χ0n) is 15.2. The van der Waals surface area contributed by atoms with E-state index < -0.39 is 22.0 Å². The molecule has 7 nitrogen and oxygen atoms in total. The van der Waals surface area contributed by atoms with E-state index in [0.717, 1.165) is 25.7 Å². The van der Waals surface area contributed by atoms with Crippen LogP contribution in [-0.4, -0.2) is 49.4 Å². The van der Waals surface area contributed by atoms with Gasteiger partial charge in [0.15, 0.2) is 0 Å². The molecule has 1 saturated carbocycles. The lowest BCUT2D eigenvalue weighted by atomic mass is 9.85. The first-order chi connectivity index (χ1) is 12.8. The molecule has 8 heteroatoms. The molecule has 146 valence electrons. The number of hydrogen-bond donors (Lipinski definition) is 2. The lowest BCUT2D eigenvalue weighted by Crippen LogP contribution is -2.45. The number of rotatable bonds is 5. The van der Waals surface area contributed by atoms with Gasteiger partial charge in [-0.05, 0) is 56.0 Å². The van der Waals surface area contributed by atoms with Gasteiger partial charge in [-0.3, -0.25) is 4.79 Å². The van der Waals surface area contributed by atoms with Crippen LogP contribution in [0.15, 0.2) is 35.2 Å². The van der Waals surface area contributed by atoms with E-state index in [-0.39, 0.29) is 22.8 Å². The number of sulfonamides is 1. The molecule has 0 bridgehead atoms. The number of benzene rings is 1. The molecule has 0 aromatic heterocycles. The highest BCUT2D eigenvalue weighted by Gasteiger charge is 2.46. The second kappa shape index (κ2) is 7.82. The average Bonchev–Trinajstić information content (AvgIpc) is 3.06. The summed E-state index contributed by atoms with van der Waals surface area (Å²) in [6.07, 6.45) is 7.43. The SMILES string of the molecule is CNS(=O)(=O)c1ccc(/C=C\C(=O)N2C(C(=O)O)CC3CCCCC32)cc1. The van der Waals surface area contributed by atoms with Crippen LogP contribution in [0.3, 0.4) is 0 Å². The normalized spacial score (nSPS) is 25.5. The topological polar surface area (TPSA) is 104 Å². The third kappa shape index (κ3) is 4.06. The molecule has 1 heterocycles. The molecule has 3 atom stereocenters. The Morgan fingerprint density at radius 2 is 1.85 bits per heavy atom. The molecule has 1 saturated heterocycles. The Labute approximate surface area is 159 Å². The highest BCUT2D eigenvalue weighted by atomic mass is 32.2. The molecule has 1 aromatic carbocycles. The molecule has 1 aliphatic heterocycles. The summed E-state index contributed by atoms with van der Waals surface area (Å²) in [5.41, 5.74) is 0.671. The molecular formula is C19H24N2O5S. The van der Waals surface area contributed by atoms with Gasteiger partial charge in [-0.2, -0.15) is 0 Å². The molecule has 1 aliphatic carbocycles. The van der Waals surface area contributed by atoms with Gasteiger partial charge < -0.3 is 10.0 Å². The maximum absolute atomic E-state index is 12.7. The lowest BCUT2D eigenvalue weighted by Gasteiger charge is -2.32. The van der Waals surface area contributed by atoms with Crippen LogP contribution < -0.4 is 4.72 Å². The molecular weight excluding hydrogens is 368 g/mol. The van der Waals surface area contributed by atoms with Gasteiger partial charge in [-0.15, -0.1) is 0 Å². The van der Waals surface area contributed by atoms with Crippen molar-refractivity contribution in [1.82, 2.24) is 9.62 Å². The molecule has 2 N–H and O–H groups in total. The van der Waals surface area contributed by atoms with E-state index in [9.17, 15) is 23.1 Å². The third-order valence-electron chi connectivity index (χ3n) is 5.51. The van der Waals surface area contributed by atoms with E-state index in [1.807, 2.05) is 0 Å². The van der Waals surface area contributed by atoms with Gasteiger partial charge in [0.2, 0.25) is 15.9 Å². The van der Waals surface area contributed by atoms with Crippen molar-refractivity contribution >= 4 is 28.0 Å². The number of carbonyl (C=O) groups is 2. The van der Waals surface area contributed by atoms with E-state index in [1.165, 1.54) is 30.2 Å². The Hall–Kier alpha value is -2.19. The van der Waals surface area contributed by atoms with Gasteiger partial charge in [0.25, 0.3) is 0 Å². The van der Waals surface area contributed by atoms with Crippen LogP contribution in [0, 0.1) is 5.92 Å². The molecule has 2 aliphatic rings. The summed E-state index contributed by atoms with van der Waals surface area (Å²) in [6, 6.07) is 5.37. The van der Waals surface area contributed by atoms with Crippen molar-refractivity contribution in [2.75, 3.05) is 7.05 Å². The summed E-state index contributed by atoms with van der Waals surface area (Å²) in [7, 11) is -2.16. The molecule has 27 heavy (non-hydrogen) atoms. The van der Waals surface area contributed by atoms with Gasteiger partial charge in [0, 0.05) is 12.1 Å². The van der Waals surface area contributed by atoms with Gasteiger partial charge >= 0.3 is 5.97 Å². The number of nitrogens with one attached hydrogen (secondary N) is 1. The fourth-order valence-electron chi connectivity index (χ4n) is 4.13. The number of nitrogens with zero attached hydrogens (tertiary/aromatic N) is 1. The molecule has 3 unspecified atom stereocenters. The predicted octanol–water partition coefficient (Wildman–Crippen LogP) is 1.85. The van der Waals surface area contributed by atoms with Crippen LogP contribution in [0.25, 0.3) is 6.08 Å². The number of aliphatic carboxylic acids is 1. The van der Waals surface area contributed by atoms with E-state index in [0.29, 0.717) is 12.0 Å². The minimum atomic E-state index is -3.50. The average molecular weight is 392 g/mol.